The molecule has 0 atom stereocenters. The molecule has 0 heterocycles. The number of benzene rings is 1. The Kier molecular flexibility index (Phi) is 9.33. The van der Waals surface area contributed by atoms with E-state index in [9.17, 15) is 9.59 Å². The molecule has 1 aromatic rings. The van der Waals surface area contributed by atoms with Gasteiger partial charge in [-0.2, -0.15) is 0 Å². The fraction of sp³-hybridized carbons (Fsp3) is 0. The summed E-state index contributed by atoms with van der Waals surface area (Å²) in [6.07, 6.45) is 0. The smallest absolute Gasteiger partial charge is 0.228 e. The van der Waals surface area contributed by atoms with Gasteiger partial charge in [0, 0.05) is 11.1 Å². The van der Waals surface area contributed by atoms with Crippen LogP contribution in [0.2, 0.25) is 0 Å². The average molecular weight is 454 g/mol. The Labute approximate surface area is 119 Å². The molecule has 6 heteroatoms. The highest BCUT2D eigenvalue weighted by Crippen LogP contribution is 2.15. The summed E-state index contributed by atoms with van der Waals surface area (Å²) >= 11 is 5.58. The zero-order chi connectivity index (χ0) is 9.14. The van der Waals surface area contributed by atoms with Crippen molar-refractivity contribution in [3.8, 4) is 0 Å². The quantitative estimate of drug-likeness (QED) is 0.636. The van der Waals surface area contributed by atoms with E-state index in [4.69, 9.17) is 0 Å². The van der Waals surface area contributed by atoms with Crippen LogP contribution < -0.4 is 0 Å². The van der Waals surface area contributed by atoms with E-state index >= 15 is 0 Å². The molecule has 1 aromatic carbocycles. The number of carbonyl (C=O) groups is 2. The van der Waals surface area contributed by atoms with Crippen molar-refractivity contribution in [2.45, 2.75) is 0 Å². The molecule has 1 rings (SSSR count). The van der Waals surface area contributed by atoms with Gasteiger partial charge in [0.1, 0.15) is 0 Å². The molecular formula is C8H6Br4O2. The molecule has 0 radical (unpaired) electrons. The van der Waals surface area contributed by atoms with Crippen molar-refractivity contribution in [2.75, 3.05) is 0 Å². The first kappa shape index (κ1) is 16.9. The first-order chi connectivity index (χ1) is 5.63. The summed E-state index contributed by atoms with van der Waals surface area (Å²) in [7, 11) is 0. The van der Waals surface area contributed by atoms with Crippen molar-refractivity contribution >= 4 is 75.2 Å². The summed E-state index contributed by atoms with van der Waals surface area (Å²) in [5.74, 6) is 0. The lowest BCUT2D eigenvalue weighted by Gasteiger charge is -1.98. The first-order valence-electron chi connectivity index (χ1n) is 3.11. The van der Waals surface area contributed by atoms with Gasteiger partial charge in [-0.15, -0.1) is 34.0 Å². The maximum absolute atomic E-state index is 10.9. The van der Waals surface area contributed by atoms with Gasteiger partial charge in [-0.3, -0.25) is 9.59 Å². The van der Waals surface area contributed by atoms with Gasteiger partial charge in [-0.1, -0.05) is 12.1 Å². The molecule has 2 nitrogen and oxygen atoms in total. The second-order valence-electron chi connectivity index (χ2n) is 2.09. The van der Waals surface area contributed by atoms with Gasteiger partial charge in [0.2, 0.25) is 9.39 Å². The third-order valence-electron chi connectivity index (χ3n) is 1.35. The van der Waals surface area contributed by atoms with Gasteiger partial charge < -0.3 is 0 Å². The van der Waals surface area contributed by atoms with Crippen LogP contribution in [0.5, 0.6) is 0 Å². The predicted octanol–water partition coefficient (Wildman–Crippen LogP) is 3.91. The van der Waals surface area contributed by atoms with Gasteiger partial charge in [0.05, 0.1) is 0 Å². The molecule has 0 amide bonds. The normalized spacial score (nSPS) is 8.14. The van der Waals surface area contributed by atoms with Crippen molar-refractivity contribution in [3.05, 3.63) is 35.4 Å². The molecule has 0 spiro atoms. The Morgan fingerprint density at radius 3 is 1.36 bits per heavy atom. The molecule has 0 fully saturated rings. The van der Waals surface area contributed by atoms with Gasteiger partial charge in [0.25, 0.3) is 0 Å². The lowest BCUT2D eigenvalue weighted by atomic mass is 10.1. The Hall–Kier alpha value is 0.480. The highest BCUT2D eigenvalue weighted by atomic mass is 79.9. The molecule has 14 heavy (non-hydrogen) atoms. The van der Waals surface area contributed by atoms with Crippen molar-refractivity contribution in [1.82, 2.24) is 0 Å². The summed E-state index contributed by atoms with van der Waals surface area (Å²) in [4.78, 5) is 21.8. The molecule has 0 unspecified atom stereocenters. The molecule has 0 bridgehead atoms. The zero-order valence-corrected chi connectivity index (χ0v) is 13.3. The molecule has 0 aliphatic carbocycles. The van der Waals surface area contributed by atoms with Crippen LogP contribution in [0.1, 0.15) is 20.7 Å². The summed E-state index contributed by atoms with van der Waals surface area (Å²) in [6, 6.07) is 6.58. The van der Waals surface area contributed by atoms with E-state index in [0.29, 0.717) is 11.1 Å². The number of hydrogen-bond acceptors (Lipinski definition) is 2. The molecular weight excluding hydrogens is 448 g/mol. The molecule has 0 aromatic heterocycles. The minimum Gasteiger partial charge on any atom is -0.281 e. The van der Waals surface area contributed by atoms with Crippen LogP contribution in [-0.2, 0) is 0 Å². The largest absolute Gasteiger partial charge is 0.281 e. The molecule has 0 aliphatic rings. The van der Waals surface area contributed by atoms with Crippen molar-refractivity contribution in [2.24, 2.45) is 0 Å². The molecule has 78 valence electrons. The summed E-state index contributed by atoms with van der Waals surface area (Å²) in [6.45, 7) is 0. The van der Waals surface area contributed by atoms with Gasteiger partial charge in [-0.05, 0) is 44.0 Å². The second-order valence-corrected chi connectivity index (χ2v) is 3.53. The Morgan fingerprint density at radius 2 is 1.14 bits per heavy atom. The fourth-order valence-corrected chi connectivity index (χ4v) is 1.52. The van der Waals surface area contributed by atoms with Crippen LogP contribution in [0.4, 0.5) is 0 Å². The van der Waals surface area contributed by atoms with E-state index in [1.54, 1.807) is 24.3 Å². The summed E-state index contributed by atoms with van der Waals surface area (Å²) in [5, 5.41) is 0. The SMILES string of the molecule is Br.Br.O=C(Br)c1ccccc1C(=O)Br. The third kappa shape index (κ3) is 4.33. The van der Waals surface area contributed by atoms with Crippen LogP contribution in [-0.4, -0.2) is 9.39 Å². The van der Waals surface area contributed by atoms with Crippen LogP contribution in [0.3, 0.4) is 0 Å². The van der Waals surface area contributed by atoms with E-state index in [1.807, 2.05) is 0 Å². The van der Waals surface area contributed by atoms with E-state index in [1.165, 1.54) is 0 Å². The van der Waals surface area contributed by atoms with Crippen LogP contribution in [0.25, 0.3) is 0 Å². The van der Waals surface area contributed by atoms with Crippen LogP contribution in [0, 0.1) is 0 Å². The maximum atomic E-state index is 10.9. The number of rotatable bonds is 2. The van der Waals surface area contributed by atoms with E-state index < -0.39 is 0 Å². The average Bonchev–Trinajstić information content (AvgIpc) is 2.04. The third-order valence-corrected chi connectivity index (χ3v) is 2.20. The standard InChI is InChI=1S/C8H4Br2O2.2BrH/c9-7(11)5-3-1-2-4-6(5)8(10)12;;/h1-4H;2*1H. The monoisotopic (exact) mass is 450 g/mol. The minimum absolute atomic E-state index is 0. The lowest BCUT2D eigenvalue weighted by molar-refractivity contribution is 0.106. The van der Waals surface area contributed by atoms with Crippen molar-refractivity contribution in [1.29, 1.82) is 0 Å². The van der Waals surface area contributed by atoms with Crippen molar-refractivity contribution < 1.29 is 9.59 Å². The highest BCUT2D eigenvalue weighted by molar-refractivity contribution is 9.18. The molecule has 0 saturated carbocycles. The molecule has 0 aliphatic heterocycles. The lowest BCUT2D eigenvalue weighted by Crippen LogP contribution is -1.98. The maximum Gasteiger partial charge on any atom is 0.228 e. The van der Waals surface area contributed by atoms with Crippen LogP contribution >= 0.6 is 65.8 Å². The number of hydrogen-bond donors (Lipinski definition) is 0. The summed E-state index contributed by atoms with van der Waals surface area (Å²) in [5.41, 5.74) is 0.749. The van der Waals surface area contributed by atoms with Gasteiger partial charge in [-0.25, -0.2) is 0 Å². The minimum atomic E-state index is -0.286. The fourth-order valence-electron chi connectivity index (χ4n) is 0.826. The van der Waals surface area contributed by atoms with E-state index in [2.05, 4.69) is 31.9 Å². The van der Waals surface area contributed by atoms with Gasteiger partial charge >= 0.3 is 0 Å². The highest BCUT2D eigenvalue weighted by Gasteiger charge is 2.11. The molecule has 0 saturated heterocycles. The second kappa shape index (κ2) is 7.73. The van der Waals surface area contributed by atoms with Gasteiger partial charge in [0.15, 0.2) is 0 Å². The van der Waals surface area contributed by atoms with Crippen LogP contribution in [0.15, 0.2) is 24.3 Å². The number of carbonyl (C=O) groups excluding carboxylic acids is 2. The summed E-state index contributed by atoms with van der Waals surface area (Å²) < 4.78 is -0.572. The first-order valence-corrected chi connectivity index (χ1v) is 4.70. The predicted molar refractivity (Wildman–Crippen MR) is 73.6 cm³/mol. The van der Waals surface area contributed by atoms with Crippen molar-refractivity contribution in [3.63, 3.8) is 0 Å². The van der Waals surface area contributed by atoms with E-state index in [0.717, 1.165) is 0 Å². The Balaban J connectivity index is 0. The Bertz CT molecular complexity index is 305. The zero-order valence-electron chi connectivity index (χ0n) is 6.70. The Morgan fingerprint density at radius 1 is 0.857 bits per heavy atom. The van der Waals surface area contributed by atoms with E-state index in [-0.39, 0.29) is 43.3 Å². The topological polar surface area (TPSA) is 34.1 Å². The molecule has 0 N–H and O–H groups in total. The number of halogens is 4.